The zero-order valence-electron chi connectivity index (χ0n) is 17.9. The third-order valence-electron chi connectivity index (χ3n) is 6.07. The van der Waals surface area contributed by atoms with E-state index in [-0.39, 0.29) is 25.7 Å². The highest BCUT2D eigenvalue weighted by Crippen LogP contribution is 2.44. The molecule has 1 heterocycles. The van der Waals surface area contributed by atoms with E-state index in [4.69, 9.17) is 19.7 Å². The number of carboxylic acids is 1. The molecular weight excluding hydrogens is 428 g/mol. The fourth-order valence-corrected chi connectivity index (χ4v) is 4.35. The van der Waals surface area contributed by atoms with Crippen molar-refractivity contribution in [3.8, 4) is 11.1 Å². The molecule has 0 saturated carbocycles. The molecule has 1 fully saturated rings. The van der Waals surface area contributed by atoms with Gasteiger partial charge in [0.15, 0.2) is 0 Å². The van der Waals surface area contributed by atoms with Gasteiger partial charge in [-0.25, -0.2) is 9.59 Å². The number of amides is 2. The van der Waals surface area contributed by atoms with E-state index >= 15 is 0 Å². The number of alkyl carbamates (subject to hydrolysis) is 1. The molecule has 2 amide bonds. The highest BCUT2D eigenvalue weighted by molar-refractivity contribution is 5.85. The van der Waals surface area contributed by atoms with Gasteiger partial charge in [-0.15, -0.1) is 0 Å². The minimum absolute atomic E-state index is 0.0346. The second-order valence-electron chi connectivity index (χ2n) is 8.18. The summed E-state index contributed by atoms with van der Waals surface area (Å²) in [5.41, 5.74) is 4.55. The Morgan fingerprint density at radius 3 is 2.30 bits per heavy atom. The molecule has 0 radical (unpaired) electrons. The van der Waals surface area contributed by atoms with Crippen LogP contribution in [-0.4, -0.2) is 66.7 Å². The van der Waals surface area contributed by atoms with Crippen molar-refractivity contribution in [2.24, 2.45) is 5.92 Å². The lowest BCUT2D eigenvalue weighted by Crippen LogP contribution is -2.46. The van der Waals surface area contributed by atoms with Gasteiger partial charge in [0.1, 0.15) is 12.6 Å². The van der Waals surface area contributed by atoms with Crippen molar-refractivity contribution in [1.82, 2.24) is 10.6 Å². The lowest BCUT2D eigenvalue weighted by Gasteiger charge is -2.16. The zero-order valence-corrected chi connectivity index (χ0v) is 17.9. The molecule has 4 rings (SSSR count). The molecule has 1 aliphatic carbocycles. The van der Waals surface area contributed by atoms with Crippen molar-refractivity contribution in [1.29, 1.82) is 0 Å². The molecule has 9 heteroatoms. The first kappa shape index (κ1) is 22.8. The van der Waals surface area contributed by atoms with Crippen LogP contribution in [0.1, 0.15) is 23.5 Å². The number of hydrogen-bond donors (Lipinski definition) is 4. The van der Waals surface area contributed by atoms with E-state index in [0.29, 0.717) is 6.42 Å². The Balaban J connectivity index is 1.25. The topological polar surface area (TPSA) is 134 Å². The Hall–Kier alpha value is -3.43. The third kappa shape index (κ3) is 4.99. The summed E-state index contributed by atoms with van der Waals surface area (Å²) >= 11 is 0. The lowest BCUT2D eigenvalue weighted by atomic mass is 9.98. The van der Waals surface area contributed by atoms with Gasteiger partial charge in [0, 0.05) is 12.5 Å². The van der Waals surface area contributed by atoms with Crippen molar-refractivity contribution in [3.05, 3.63) is 59.7 Å². The Morgan fingerprint density at radius 1 is 1.06 bits per heavy atom. The first-order valence-electron chi connectivity index (χ1n) is 10.8. The van der Waals surface area contributed by atoms with Crippen molar-refractivity contribution in [2.75, 3.05) is 26.4 Å². The Bertz CT molecular complexity index is 995. The van der Waals surface area contributed by atoms with Crippen LogP contribution in [0.4, 0.5) is 4.79 Å². The number of nitrogens with one attached hydrogen (secondary N) is 2. The third-order valence-corrected chi connectivity index (χ3v) is 6.07. The Labute approximate surface area is 190 Å². The van der Waals surface area contributed by atoms with Crippen LogP contribution in [0.2, 0.25) is 0 Å². The summed E-state index contributed by atoms with van der Waals surface area (Å²) in [4.78, 5) is 35.4. The number of aliphatic hydroxyl groups is 1. The Morgan fingerprint density at radius 2 is 1.70 bits per heavy atom. The molecule has 1 saturated heterocycles. The Kier molecular flexibility index (Phi) is 6.90. The first-order chi connectivity index (χ1) is 16.0. The van der Waals surface area contributed by atoms with Gasteiger partial charge < -0.3 is 30.3 Å². The van der Waals surface area contributed by atoms with Crippen LogP contribution in [0.15, 0.2) is 48.5 Å². The van der Waals surface area contributed by atoms with E-state index in [2.05, 4.69) is 22.8 Å². The molecule has 33 heavy (non-hydrogen) atoms. The molecule has 174 valence electrons. The normalized spacial score (nSPS) is 19.9. The van der Waals surface area contributed by atoms with E-state index < -0.39 is 42.6 Å². The second kappa shape index (κ2) is 10.0. The van der Waals surface area contributed by atoms with Crippen LogP contribution in [-0.2, 0) is 19.1 Å². The maximum Gasteiger partial charge on any atom is 0.407 e. The molecule has 0 spiro atoms. The van der Waals surface area contributed by atoms with E-state index in [1.54, 1.807) is 0 Å². The van der Waals surface area contributed by atoms with Gasteiger partial charge in [-0.3, -0.25) is 4.79 Å². The van der Waals surface area contributed by atoms with Crippen LogP contribution in [0.5, 0.6) is 0 Å². The summed E-state index contributed by atoms with van der Waals surface area (Å²) in [5, 5.41) is 22.9. The van der Waals surface area contributed by atoms with Crippen LogP contribution >= 0.6 is 0 Å². The number of carboxylic acid groups (broad SMARTS) is 1. The average molecular weight is 454 g/mol. The highest BCUT2D eigenvalue weighted by atomic mass is 16.5. The molecule has 4 N–H and O–H groups in total. The molecule has 0 aromatic heterocycles. The highest BCUT2D eigenvalue weighted by Gasteiger charge is 2.33. The van der Waals surface area contributed by atoms with Gasteiger partial charge in [0.2, 0.25) is 5.91 Å². The van der Waals surface area contributed by atoms with Gasteiger partial charge in [-0.2, -0.15) is 0 Å². The summed E-state index contributed by atoms with van der Waals surface area (Å²) < 4.78 is 11.0. The smallest absolute Gasteiger partial charge is 0.407 e. The number of hydrogen-bond acceptors (Lipinski definition) is 6. The van der Waals surface area contributed by atoms with Crippen LogP contribution < -0.4 is 10.6 Å². The van der Waals surface area contributed by atoms with Crippen molar-refractivity contribution < 1.29 is 34.1 Å². The number of benzene rings is 2. The molecular formula is C24H26N2O7. The van der Waals surface area contributed by atoms with Crippen molar-refractivity contribution >= 4 is 18.0 Å². The van der Waals surface area contributed by atoms with E-state index in [9.17, 15) is 14.4 Å². The number of aliphatic carboxylic acids is 1. The quantitative estimate of drug-likeness (QED) is 0.475. The average Bonchev–Trinajstić information content (AvgIpc) is 3.42. The summed E-state index contributed by atoms with van der Waals surface area (Å²) in [6, 6.07) is 14.8. The summed E-state index contributed by atoms with van der Waals surface area (Å²) in [5.74, 6) is -2.39. The predicted molar refractivity (Wildman–Crippen MR) is 118 cm³/mol. The standard InChI is InChI=1S/C24H26N2O7/c27-11-21(23(29)30)26-22(28)14-9-15(32-12-14)10-25-24(31)33-13-20-18-7-3-1-5-16(18)17-6-2-4-8-19(17)20/h1-8,14-15,20-21,27H,9-13H2,(H,25,31)(H,26,28)(H,29,30)/t14-,15-,21-/m0/s1. The number of aliphatic hydroxyl groups excluding tert-OH is 1. The number of carbonyl (C=O) groups is 3. The number of fused-ring (bicyclic) bond motifs is 3. The van der Waals surface area contributed by atoms with Crippen LogP contribution in [0.25, 0.3) is 11.1 Å². The van der Waals surface area contributed by atoms with E-state index in [0.717, 1.165) is 22.3 Å². The van der Waals surface area contributed by atoms with Gasteiger partial charge in [0.25, 0.3) is 0 Å². The van der Waals surface area contributed by atoms with E-state index in [1.165, 1.54) is 0 Å². The molecule has 2 aromatic rings. The summed E-state index contributed by atoms with van der Waals surface area (Å²) in [7, 11) is 0. The van der Waals surface area contributed by atoms with Crippen molar-refractivity contribution in [3.63, 3.8) is 0 Å². The van der Waals surface area contributed by atoms with Gasteiger partial charge in [-0.05, 0) is 28.7 Å². The molecule has 0 bridgehead atoms. The van der Waals surface area contributed by atoms with Gasteiger partial charge in [0.05, 0.1) is 25.2 Å². The van der Waals surface area contributed by atoms with E-state index in [1.807, 2.05) is 36.4 Å². The van der Waals surface area contributed by atoms with Gasteiger partial charge in [-0.1, -0.05) is 48.5 Å². The first-order valence-corrected chi connectivity index (χ1v) is 10.8. The minimum atomic E-state index is -1.35. The monoisotopic (exact) mass is 454 g/mol. The zero-order chi connectivity index (χ0) is 23.4. The molecule has 0 unspecified atom stereocenters. The van der Waals surface area contributed by atoms with Crippen LogP contribution in [0, 0.1) is 5.92 Å². The number of ether oxygens (including phenoxy) is 2. The van der Waals surface area contributed by atoms with Crippen LogP contribution in [0.3, 0.4) is 0 Å². The summed E-state index contributed by atoms with van der Waals surface area (Å²) in [6.45, 7) is -0.209. The lowest BCUT2D eigenvalue weighted by molar-refractivity contribution is -0.143. The SMILES string of the molecule is O=C(NC[C@@H]1C[C@H](C(=O)N[C@@H](CO)C(=O)O)CO1)OCC1c2ccccc2-c2ccccc21. The number of carbonyl (C=O) groups excluding carboxylic acids is 2. The minimum Gasteiger partial charge on any atom is -0.480 e. The molecule has 2 aromatic carbocycles. The molecule has 3 atom stereocenters. The predicted octanol–water partition coefficient (Wildman–Crippen LogP) is 1.49. The molecule has 2 aliphatic rings. The second-order valence-corrected chi connectivity index (χ2v) is 8.18. The molecule has 1 aliphatic heterocycles. The maximum absolute atomic E-state index is 12.3. The largest absolute Gasteiger partial charge is 0.480 e. The fraction of sp³-hybridized carbons (Fsp3) is 0.375. The number of rotatable bonds is 8. The van der Waals surface area contributed by atoms with Crippen molar-refractivity contribution in [2.45, 2.75) is 24.5 Å². The molecule has 9 nitrogen and oxygen atoms in total. The fourth-order valence-electron chi connectivity index (χ4n) is 4.35. The maximum atomic E-state index is 12.3. The summed E-state index contributed by atoms with van der Waals surface area (Å²) in [6.07, 6.45) is -0.633. The van der Waals surface area contributed by atoms with Gasteiger partial charge >= 0.3 is 12.1 Å².